The second-order valence-electron chi connectivity index (χ2n) is 6.07. The lowest BCUT2D eigenvalue weighted by molar-refractivity contribution is 0.0940. The lowest BCUT2D eigenvalue weighted by atomic mass is 10.2. The van der Waals surface area contributed by atoms with Gasteiger partial charge in [0.15, 0.2) is 0 Å². The maximum absolute atomic E-state index is 12.5. The number of anilines is 1. The molecule has 3 aromatic rings. The summed E-state index contributed by atoms with van der Waals surface area (Å²) in [6.07, 6.45) is 0. The largest absolute Gasteiger partial charge is 0.497 e. The number of amides is 1. The summed E-state index contributed by atoms with van der Waals surface area (Å²) in [4.78, 5) is 13.5. The van der Waals surface area contributed by atoms with E-state index in [1.165, 1.54) is 31.4 Å². The van der Waals surface area contributed by atoms with Crippen molar-refractivity contribution in [1.29, 1.82) is 0 Å². The van der Waals surface area contributed by atoms with Crippen LogP contribution >= 0.6 is 11.3 Å². The van der Waals surface area contributed by atoms with Gasteiger partial charge in [-0.1, -0.05) is 6.07 Å². The number of carbonyl (C=O) groups is 1. The molecule has 6 nitrogen and oxygen atoms in total. The molecule has 0 saturated heterocycles. The average molecular weight is 417 g/mol. The number of rotatable bonds is 7. The molecule has 0 bridgehead atoms. The summed E-state index contributed by atoms with van der Waals surface area (Å²) in [6.45, 7) is 1.90. The molecule has 146 valence electrons. The molecule has 0 aliphatic carbocycles. The highest BCUT2D eigenvalue weighted by Gasteiger charge is 2.16. The van der Waals surface area contributed by atoms with Crippen LogP contribution < -0.4 is 14.8 Å². The highest BCUT2D eigenvalue weighted by atomic mass is 32.2. The summed E-state index contributed by atoms with van der Waals surface area (Å²) in [5, 5.41) is 4.85. The Morgan fingerprint density at radius 2 is 1.71 bits per heavy atom. The number of benzene rings is 2. The average Bonchev–Trinajstić information content (AvgIpc) is 3.23. The van der Waals surface area contributed by atoms with Crippen molar-refractivity contribution >= 4 is 33.0 Å². The van der Waals surface area contributed by atoms with Crippen LogP contribution in [0, 0.1) is 0 Å². The first-order valence-corrected chi connectivity index (χ1v) is 10.9. The van der Waals surface area contributed by atoms with Crippen molar-refractivity contribution < 1.29 is 17.9 Å². The summed E-state index contributed by atoms with van der Waals surface area (Å²) in [7, 11) is -2.21. The molecule has 0 radical (unpaired) electrons. The molecule has 0 spiro atoms. The van der Waals surface area contributed by atoms with E-state index in [1.807, 2.05) is 24.4 Å². The first kappa shape index (κ1) is 19.9. The van der Waals surface area contributed by atoms with Gasteiger partial charge in [0, 0.05) is 16.1 Å². The highest BCUT2D eigenvalue weighted by Crippen LogP contribution is 2.21. The van der Waals surface area contributed by atoms with Crippen LogP contribution in [0.1, 0.15) is 28.2 Å². The minimum atomic E-state index is -3.75. The molecule has 1 amide bonds. The van der Waals surface area contributed by atoms with E-state index in [4.69, 9.17) is 4.74 Å². The van der Waals surface area contributed by atoms with Crippen LogP contribution in [0.25, 0.3) is 0 Å². The first-order valence-electron chi connectivity index (χ1n) is 8.50. The fourth-order valence-corrected chi connectivity index (χ4v) is 4.34. The molecule has 2 aromatic carbocycles. The van der Waals surface area contributed by atoms with E-state index in [1.54, 1.807) is 35.6 Å². The highest BCUT2D eigenvalue weighted by molar-refractivity contribution is 7.92. The Bertz CT molecular complexity index is 1030. The monoisotopic (exact) mass is 416 g/mol. The van der Waals surface area contributed by atoms with Crippen LogP contribution in [-0.2, 0) is 10.0 Å². The third-order valence-corrected chi connectivity index (χ3v) is 6.54. The van der Waals surface area contributed by atoms with Crippen molar-refractivity contribution in [3.8, 4) is 5.75 Å². The lowest BCUT2D eigenvalue weighted by Crippen LogP contribution is -2.26. The molecule has 3 rings (SSSR count). The number of sulfonamides is 1. The van der Waals surface area contributed by atoms with E-state index in [2.05, 4.69) is 10.0 Å². The minimum absolute atomic E-state index is 0.0752. The number of ether oxygens (including phenoxy) is 1. The van der Waals surface area contributed by atoms with Gasteiger partial charge in [0.05, 0.1) is 18.0 Å². The van der Waals surface area contributed by atoms with Gasteiger partial charge in [0.1, 0.15) is 5.75 Å². The van der Waals surface area contributed by atoms with Crippen LogP contribution in [0.2, 0.25) is 0 Å². The van der Waals surface area contributed by atoms with Gasteiger partial charge in [0.25, 0.3) is 15.9 Å². The molecule has 1 aromatic heterocycles. The van der Waals surface area contributed by atoms with E-state index in [9.17, 15) is 13.2 Å². The predicted molar refractivity (Wildman–Crippen MR) is 110 cm³/mol. The zero-order chi connectivity index (χ0) is 20.1. The third-order valence-electron chi connectivity index (χ3n) is 4.09. The number of thiophene rings is 1. The molecule has 2 N–H and O–H groups in total. The Kier molecular flexibility index (Phi) is 6.01. The molecule has 0 fully saturated rings. The fourth-order valence-electron chi connectivity index (χ4n) is 2.55. The van der Waals surface area contributed by atoms with E-state index in [0.717, 1.165) is 4.88 Å². The molecule has 8 heteroatoms. The zero-order valence-electron chi connectivity index (χ0n) is 15.4. The SMILES string of the molecule is COc1ccc(NS(=O)(=O)c2ccc(C(=O)N[C@H](C)c3cccs3)cc2)cc1. The first-order chi connectivity index (χ1) is 13.4. The van der Waals surface area contributed by atoms with E-state index < -0.39 is 10.0 Å². The second kappa shape index (κ2) is 8.45. The smallest absolute Gasteiger partial charge is 0.261 e. The van der Waals surface area contributed by atoms with Crippen LogP contribution in [-0.4, -0.2) is 21.4 Å². The molecule has 28 heavy (non-hydrogen) atoms. The Labute approximate surface area is 168 Å². The molecule has 1 atom stereocenters. The molecule has 0 aliphatic rings. The number of nitrogens with one attached hydrogen (secondary N) is 2. The summed E-state index contributed by atoms with van der Waals surface area (Å²) in [5.74, 6) is 0.378. The summed E-state index contributed by atoms with van der Waals surface area (Å²) in [6, 6.07) is 16.2. The van der Waals surface area contributed by atoms with Gasteiger partial charge >= 0.3 is 0 Å². The van der Waals surface area contributed by atoms with Crippen molar-refractivity contribution in [2.45, 2.75) is 17.9 Å². The Hall–Kier alpha value is -2.84. The van der Waals surface area contributed by atoms with Gasteiger partial charge in [-0.05, 0) is 66.9 Å². The van der Waals surface area contributed by atoms with Gasteiger partial charge in [-0.15, -0.1) is 11.3 Å². The Morgan fingerprint density at radius 1 is 1.04 bits per heavy atom. The van der Waals surface area contributed by atoms with E-state index in [0.29, 0.717) is 17.0 Å². The normalized spacial score (nSPS) is 12.2. The Morgan fingerprint density at radius 3 is 2.29 bits per heavy atom. The summed E-state index contributed by atoms with van der Waals surface area (Å²) in [5.41, 5.74) is 0.819. The van der Waals surface area contributed by atoms with Gasteiger partial charge in [-0.2, -0.15) is 0 Å². The maximum atomic E-state index is 12.5. The standard InChI is InChI=1S/C20H20N2O4S2/c1-14(19-4-3-13-27-19)21-20(23)15-5-11-18(12-6-15)28(24,25)22-16-7-9-17(26-2)10-8-16/h3-14,22H,1-2H3,(H,21,23)/t14-/m1/s1. The third kappa shape index (κ3) is 4.71. The lowest BCUT2D eigenvalue weighted by Gasteiger charge is -2.13. The number of hydrogen-bond donors (Lipinski definition) is 2. The van der Waals surface area contributed by atoms with Gasteiger partial charge in [-0.25, -0.2) is 8.42 Å². The van der Waals surface area contributed by atoms with Crippen molar-refractivity contribution in [2.75, 3.05) is 11.8 Å². The van der Waals surface area contributed by atoms with Crippen LogP contribution in [0.4, 0.5) is 5.69 Å². The number of hydrogen-bond acceptors (Lipinski definition) is 5. The molecule has 0 unspecified atom stereocenters. The van der Waals surface area contributed by atoms with Gasteiger partial charge < -0.3 is 10.1 Å². The zero-order valence-corrected chi connectivity index (χ0v) is 17.0. The maximum Gasteiger partial charge on any atom is 0.261 e. The van der Waals surface area contributed by atoms with Crippen molar-refractivity contribution in [3.05, 3.63) is 76.5 Å². The molecule has 1 heterocycles. The van der Waals surface area contributed by atoms with Crippen molar-refractivity contribution in [3.63, 3.8) is 0 Å². The quantitative estimate of drug-likeness (QED) is 0.609. The second-order valence-corrected chi connectivity index (χ2v) is 8.73. The van der Waals surface area contributed by atoms with Crippen molar-refractivity contribution in [1.82, 2.24) is 5.32 Å². The topological polar surface area (TPSA) is 84.5 Å². The van der Waals surface area contributed by atoms with Gasteiger partial charge in [0.2, 0.25) is 0 Å². The molecule has 0 saturated carbocycles. The predicted octanol–water partition coefficient (Wildman–Crippen LogP) is 4.05. The summed E-state index contributed by atoms with van der Waals surface area (Å²) < 4.78 is 32.6. The van der Waals surface area contributed by atoms with Gasteiger partial charge in [-0.3, -0.25) is 9.52 Å². The number of carbonyl (C=O) groups excluding carboxylic acids is 1. The molecular weight excluding hydrogens is 396 g/mol. The fraction of sp³-hybridized carbons (Fsp3) is 0.150. The van der Waals surface area contributed by atoms with Crippen molar-refractivity contribution in [2.24, 2.45) is 0 Å². The van der Waals surface area contributed by atoms with Crippen LogP contribution in [0.15, 0.2) is 70.9 Å². The van der Waals surface area contributed by atoms with Crippen LogP contribution in [0.3, 0.4) is 0 Å². The van der Waals surface area contributed by atoms with E-state index >= 15 is 0 Å². The minimum Gasteiger partial charge on any atom is -0.497 e. The van der Waals surface area contributed by atoms with E-state index in [-0.39, 0.29) is 16.8 Å². The van der Waals surface area contributed by atoms with Crippen LogP contribution in [0.5, 0.6) is 5.75 Å². The molecular formula is C20H20N2O4S2. The number of methoxy groups -OCH3 is 1. The Balaban J connectivity index is 1.69. The summed E-state index contributed by atoms with van der Waals surface area (Å²) >= 11 is 1.57. The molecule has 0 aliphatic heterocycles.